The molecule has 7 heteroatoms. The van der Waals surface area contributed by atoms with Crippen LogP contribution in [0.2, 0.25) is 0 Å². The van der Waals surface area contributed by atoms with Gasteiger partial charge in [-0.2, -0.15) is 0 Å². The van der Waals surface area contributed by atoms with Crippen LogP contribution in [0.15, 0.2) is 30.3 Å². The molecule has 2 rings (SSSR count). The number of rotatable bonds is 4. The molecule has 1 fully saturated rings. The fourth-order valence-electron chi connectivity index (χ4n) is 2.17. The van der Waals surface area contributed by atoms with E-state index in [0.717, 1.165) is 5.56 Å². The van der Waals surface area contributed by atoms with Gasteiger partial charge in [-0.15, -0.1) is 0 Å². The topological polar surface area (TPSA) is 116 Å². The largest absolute Gasteiger partial charge is 0.479 e. The minimum Gasteiger partial charge on any atom is -0.479 e. The predicted molar refractivity (Wildman–Crippen MR) is 70.3 cm³/mol. The van der Waals surface area contributed by atoms with Gasteiger partial charge in [0.1, 0.15) is 18.3 Å². The van der Waals surface area contributed by atoms with Gasteiger partial charge in [-0.1, -0.05) is 30.3 Å². The van der Waals surface area contributed by atoms with E-state index in [-0.39, 0.29) is 0 Å². The molecule has 0 aromatic heterocycles. The average Bonchev–Trinajstić information content (AvgIpc) is 2.48. The normalized spacial score (nSPS) is 34.4. The lowest BCUT2D eigenvalue weighted by Gasteiger charge is -2.39. The third kappa shape index (κ3) is 3.39. The zero-order chi connectivity index (χ0) is 15.6. The number of benzene rings is 1. The number of ether oxygens (including phenoxy) is 2. The molecule has 21 heavy (non-hydrogen) atoms. The summed E-state index contributed by atoms with van der Waals surface area (Å²) in [5, 5.41) is 38.1. The molecule has 0 radical (unpaired) electrons. The van der Waals surface area contributed by atoms with E-state index in [1.165, 1.54) is 0 Å². The molecule has 0 aliphatic carbocycles. The van der Waals surface area contributed by atoms with Crippen molar-refractivity contribution in [3.05, 3.63) is 35.9 Å². The quantitative estimate of drug-likeness (QED) is 0.600. The van der Waals surface area contributed by atoms with E-state index in [0.29, 0.717) is 0 Å². The Hall–Kier alpha value is -1.51. The van der Waals surface area contributed by atoms with Crippen molar-refractivity contribution in [1.29, 1.82) is 0 Å². The molecule has 1 heterocycles. The molecule has 0 spiro atoms. The Morgan fingerprint density at radius 3 is 2.33 bits per heavy atom. The summed E-state index contributed by atoms with van der Waals surface area (Å²) >= 11 is 0. The fraction of sp³-hybridized carbons (Fsp3) is 0.500. The summed E-state index contributed by atoms with van der Waals surface area (Å²) in [5.41, 5.74) is 0.806. The maximum Gasteiger partial charge on any atom is 0.335 e. The number of aliphatic hydroxyl groups excluding tert-OH is 3. The number of carboxylic acids is 1. The van der Waals surface area contributed by atoms with Crippen LogP contribution in [0.25, 0.3) is 0 Å². The van der Waals surface area contributed by atoms with E-state index in [4.69, 9.17) is 14.6 Å². The van der Waals surface area contributed by atoms with Gasteiger partial charge in [-0.3, -0.25) is 0 Å². The number of hydrogen-bond acceptors (Lipinski definition) is 6. The minimum atomic E-state index is -1.72. The van der Waals surface area contributed by atoms with E-state index in [1.807, 2.05) is 18.2 Å². The molecule has 0 saturated carbocycles. The smallest absolute Gasteiger partial charge is 0.335 e. The molecule has 1 saturated heterocycles. The van der Waals surface area contributed by atoms with Gasteiger partial charge in [-0.25, -0.2) is 4.79 Å². The second-order valence-electron chi connectivity index (χ2n) is 4.92. The molecular formula is C14H18O7. The van der Waals surface area contributed by atoms with E-state index >= 15 is 0 Å². The van der Waals surface area contributed by atoms with Gasteiger partial charge in [0.15, 0.2) is 12.4 Å². The molecule has 0 unspecified atom stereocenters. The van der Waals surface area contributed by atoms with Crippen LogP contribution in [0.5, 0.6) is 0 Å². The molecular weight excluding hydrogens is 280 g/mol. The van der Waals surface area contributed by atoms with Crippen LogP contribution < -0.4 is 0 Å². The lowest BCUT2D eigenvalue weighted by atomic mass is 9.99. The highest BCUT2D eigenvalue weighted by atomic mass is 16.7. The predicted octanol–water partition coefficient (Wildman–Crippen LogP) is -0.344. The van der Waals surface area contributed by atoms with Crippen molar-refractivity contribution in [2.24, 2.45) is 0 Å². The first-order valence-electron chi connectivity index (χ1n) is 6.54. The standard InChI is InChI=1S/C14H18O7/c1-7(8-5-3-2-4-6-8)20-14-11(17)9(15)10(16)12(21-14)13(18)19/h2-7,9-12,14-17H,1H3,(H,18,19)/t7-,9+,10-,11+,12+,14+/m0/s1. The summed E-state index contributed by atoms with van der Waals surface area (Å²) in [6.07, 6.45) is -8.40. The van der Waals surface area contributed by atoms with Gasteiger partial charge in [0.05, 0.1) is 6.10 Å². The number of carbonyl (C=O) groups is 1. The van der Waals surface area contributed by atoms with Gasteiger partial charge in [-0.05, 0) is 12.5 Å². The highest BCUT2D eigenvalue weighted by Crippen LogP contribution is 2.27. The summed E-state index contributed by atoms with van der Waals surface area (Å²) in [6.45, 7) is 1.71. The van der Waals surface area contributed by atoms with Crippen molar-refractivity contribution in [2.75, 3.05) is 0 Å². The summed E-state index contributed by atoms with van der Waals surface area (Å²) < 4.78 is 10.5. The number of aliphatic hydroxyl groups is 3. The molecule has 0 amide bonds. The molecule has 7 nitrogen and oxygen atoms in total. The van der Waals surface area contributed by atoms with Crippen LogP contribution in [0, 0.1) is 0 Å². The number of carboxylic acid groups (broad SMARTS) is 1. The second kappa shape index (κ2) is 6.50. The Bertz CT molecular complexity index is 477. The SMILES string of the molecule is C[C@H](O[C@@H]1O[C@@H](C(=O)O)[C@@H](O)[C@@H](O)[C@H]1O)c1ccccc1. The maximum absolute atomic E-state index is 11.0. The van der Waals surface area contributed by atoms with Crippen molar-refractivity contribution < 1.29 is 34.7 Å². The lowest BCUT2D eigenvalue weighted by Crippen LogP contribution is -2.60. The highest BCUT2D eigenvalue weighted by Gasteiger charge is 2.47. The van der Waals surface area contributed by atoms with Gasteiger partial charge < -0.3 is 29.9 Å². The third-order valence-electron chi connectivity index (χ3n) is 3.42. The first-order chi connectivity index (χ1) is 9.91. The van der Waals surface area contributed by atoms with E-state index in [9.17, 15) is 20.1 Å². The van der Waals surface area contributed by atoms with E-state index < -0.39 is 42.8 Å². The van der Waals surface area contributed by atoms with Gasteiger partial charge in [0.2, 0.25) is 0 Å². The summed E-state index contributed by atoms with van der Waals surface area (Å²) in [7, 11) is 0. The zero-order valence-corrected chi connectivity index (χ0v) is 11.4. The molecule has 0 bridgehead atoms. The van der Waals surface area contributed by atoms with Gasteiger partial charge >= 0.3 is 5.97 Å². The Morgan fingerprint density at radius 2 is 1.76 bits per heavy atom. The van der Waals surface area contributed by atoms with Crippen LogP contribution in [0.1, 0.15) is 18.6 Å². The maximum atomic E-state index is 11.0. The Balaban J connectivity index is 2.09. The first kappa shape index (κ1) is 15.9. The van der Waals surface area contributed by atoms with Crippen LogP contribution in [-0.2, 0) is 14.3 Å². The van der Waals surface area contributed by atoms with Crippen LogP contribution >= 0.6 is 0 Å². The average molecular weight is 298 g/mol. The summed E-state index contributed by atoms with van der Waals surface area (Å²) in [6, 6.07) is 9.07. The van der Waals surface area contributed by atoms with E-state index in [1.54, 1.807) is 19.1 Å². The molecule has 4 N–H and O–H groups in total. The van der Waals surface area contributed by atoms with Gasteiger partial charge in [0.25, 0.3) is 0 Å². The Labute approximate surface area is 121 Å². The van der Waals surface area contributed by atoms with Crippen LogP contribution in [-0.4, -0.2) is 57.1 Å². The van der Waals surface area contributed by atoms with Crippen molar-refractivity contribution in [1.82, 2.24) is 0 Å². The molecule has 1 aliphatic heterocycles. The number of hydrogen-bond donors (Lipinski definition) is 4. The van der Waals surface area contributed by atoms with E-state index in [2.05, 4.69) is 0 Å². The van der Waals surface area contributed by atoms with Crippen LogP contribution in [0.4, 0.5) is 0 Å². The fourth-order valence-corrected chi connectivity index (χ4v) is 2.17. The molecule has 116 valence electrons. The zero-order valence-electron chi connectivity index (χ0n) is 11.4. The van der Waals surface area contributed by atoms with Crippen molar-refractivity contribution in [2.45, 2.75) is 43.7 Å². The van der Waals surface area contributed by atoms with Crippen molar-refractivity contribution in [3.8, 4) is 0 Å². The van der Waals surface area contributed by atoms with Crippen LogP contribution in [0.3, 0.4) is 0 Å². The molecule has 1 aromatic rings. The Kier molecular flexibility index (Phi) is 4.92. The molecule has 6 atom stereocenters. The van der Waals surface area contributed by atoms with Crippen molar-refractivity contribution in [3.63, 3.8) is 0 Å². The minimum absolute atomic E-state index is 0.484. The molecule has 1 aliphatic rings. The summed E-state index contributed by atoms with van der Waals surface area (Å²) in [5.74, 6) is -1.44. The third-order valence-corrected chi connectivity index (χ3v) is 3.42. The number of aliphatic carboxylic acids is 1. The molecule has 1 aromatic carbocycles. The first-order valence-corrected chi connectivity index (χ1v) is 6.54. The summed E-state index contributed by atoms with van der Waals surface area (Å²) in [4.78, 5) is 11.0. The highest BCUT2D eigenvalue weighted by molar-refractivity contribution is 5.73. The van der Waals surface area contributed by atoms with Crippen molar-refractivity contribution >= 4 is 5.97 Å². The monoisotopic (exact) mass is 298 g/mol. The van der Waals surface area contributed by atoms with Gasteiger partial charge in [0, 0.05) is 0 Å². The lowest BCUT2D eigenvalue weighted by molar-refractivity contribution is -0.304. The second-order valence-corrected chi connectivity index (χ2v) is 4.92. The Morgan fingerprint density at radius 1 is 1.14 bits per heavy atom.